The molecule has 0 atom stereocenters. The summed E-state index contributed by atoms with van der Waals surface area (Å²) in [6.45, 7) is 0. The maximum atomic E-state index is 11.9. The van der Waals surface area contributed by atoms with Crippen LogP contribution in [0.25, 0.3) is 28.2 Å². The second-order valence-electron chi connectivity index (χ2n) is 4.44. The van der Waals surface area contributed by atoms with Gasteiger partial charge in [-0.05, 0) is 5.56 Å². The van der Waals surface area contributed by atoms with Crippen LogP contribution in [0.4, 0.5) is 0 Å². The van der Waals surface area contributed by atoms with Gasteiger partial charge in [-0.15, -0.1) is 0 Å². The van der Waals surface area contributed by atoms with Crippen molar-refractivity contribution in [2.45, 2.75) is 0 Å². The molecule has 0 amide bonds. The average Bonchev–Trinajstić information content (AvgIpc) is 2.96. The van der Waals surface area contributed by atoms with Crippen LogP contribution in [0.2, 0.25) is 0 Å². The molecule has 0 aliphatic carbocycles. The van der Waals surface area contributed by atoms with Gasteiger partial charge in [0, 0.05) is 6.20 Å². The van der Waals surface area contributed by atoms with Gasteiger partial charge in [-0.2, -0.15) is 4.98 Å². The SMILES string of the molecule is O=c1[nH]c(=O)c2c(nc3[nH]c(-c4ccccc4)cn32)[nH]1. The van der Waals surface area contributed by atoms with Crippen molar-refractivity contribution in [3.63, 3.8) is 0 Å². The molecule has 98 valence electrons. The van der Waals surface area contributed by atoms with E-state index in [0.717, 1.165) is 11.3 Å². The summed E-state index contributed by atoms with van der Waals surface area (Å²) in [4.78, 5) is 35.1. The Hall–Kier alpha value is -3.09. The minimum absolute atomic E-state index is 0.268. The number of hydrogen-bond acceptors (Lipinski definition) is 3. The zero-order chi connectivity index (χ0) is 13.7. The normalized spacial score (nSPS) is 11.4. The van der Waals surface area contributed by atoms with E-state index in [-0.39, 0.29) is 5.65 Å². The van der Waals surface area contributed by atoms with Crippen LogP contribution in [-0.4, -0.2) is 24.3 Å². The molecule has 0 bridgehead atoms. The number of aromatic nitrogens is 5. The van der Waals surface area contributed by atoms with E-state index in [0.29, 0.717) is 11.3 Å². The Bertz CT molecular complexity index is 1040. The molecule has 0 fully saturated rings. The summed E-state index contributed by atoms with van der Waals surface area (Å²) in [6, 6.07) is 9.71. The maximum absolute atomic E-state index is 11.9. The lowest BCUT2D eigenvalue weighted by atomic mass is 10.2. The van der Waals surface area contributed by atoms with Gasteiger partial charge in [0.1, 0.15) is 0 Å². The number of imidazole rings is 2. The van der Waals surface area contributed by atoms with Crippen LogP contribution in [0, 0.1) is 0 Å². The smallest absolute Gasteiger partial charge is 0.323 e. The zero-order valence-electron chi connectivity index (χ0n) is 10.2. The van der Waals surface area contributed by atoms with Gasteiger partial charge in [0.25, 0.3) is 5.56 Å². The number of hydrogen-bond donors (Lipinski definition) is 3. The molecule has 0 spiro atoms. The number of rotatable bonds is 1. The van der Waals surface area contributed by atoms with Gasteiger partial charge in [-0.25, -0.2) is 4.79 Å². The Morgan fingerprint density at radius 1 is 1.00 bits per heavy atom. The molecule has 1 aromatic carbocycles. The molecule has 3 aromatic heterocycles. The molecule has 3 N–H and O–H groups in total. The fourth-order valence-electron chi connectivity index (χ4n) is 2.30. The summed E-state index contributed by atoms with van der Waals surface area (Å²) >= 11 is 0. The maximum Gasteiger partial charge on any atom is 0.327 e. The number of aromatic amines is 3. The number of fused-ring (bicyclic) bond motifs is 3. The lowest BCUT2D eigenvalue weighted by molar-refractivity contribution is 1.06. The molecule has 3 heterocycles. The fourth-order valence-corrected chi connectivity index (χ4v) is 2.30. The quantitative estimate of drug-likeness (QED) is 0.477. The van der Waals surface area contributed by atoms with E-state index in [1.807, 2.05) is 30.3 Å². The molecule has 0 aliphatic rings. The van der Waals surface area contributed by atoms with Gasteiger partial charge in [0.15, 0.2) is 11.2 Å². The van der Waals surface area contributed by atoms with Crippen molar-refractivity contribution in [2.75, 3.05) is 0 Å². The third kappa shape index (κ3) is 1.43. The van der Waals surface area contributed by atoms with Crippen LogP contribution in [0.3, 0.4) is 0 Å². The number of benzene rings is 1. The first-order valence-electron chi connectivity index (χ1n) is 6.01. The van der Waals surface area contributed by atoms with Crippen molar-refractivity contribution in [1.29, 1.82) is 0 Å². The second-order valence-corrected chi connectivity index (χ2v) is 4.44. The van der Waals surface area contributed by atoms with E-state index in [9.17, 15) is 9.59 Å². The van der Waals surface area contributed by atoms with E-state index in [1.54, 1.807) is 10.6 Å². The highest BCUT2D eigenvalue weighted by Crippen LogP contribution is 2.20. The molecule has 20 heavy (non-hydrogen) atoms. The minimum atomic E-state index is -0.563. The molecule has 4 rings (SSSR count). The Morgan fingerprint density at radius 2 is 1.80 bits per heavy atom. The van der Waals surface area contributed by atoms with E-state index in [4.69, 9.17) is 0 Å². The molecule has 7 heteroatoms. The predicted molar refractivity (Wildman–Crippen MR) is 73.7 cm³/mol. The first kappa shape index (κ1) is 10.8. The molecule has 0 radical (unpaired) electrons. The molecule has 4 aromatic rings. The second kappa shape index (κ2) is 3.70. The van der Waals surface area contributed by atoms with Crippen molar-refractivity contribution in [1.82, 2.24) is 24.3 Å². The van der Waals surface area contributed by atoms with Gasteiger partial charge in [-0.1, -0.05) is 30.3 Å². The van der Waals surface area contributed by atoms with Gasteiger partial charge >= 0.3 is 5.69 Å². The van der Waals surface area contributed by atoms with Crippen LogP contribution in [0.1, 0.15) is 0 Å². The standard InChI is InChI=1S/C13H9N5O2/c19-11-9-10(16-13(20)17-11)15-12-14-8(6-18(9)12)7-4-2-1-3-5-7/h1-6H,(H3,14,15,16,17,19,20). The highest BCUT2D eigenvalue weighted by Gasteiger charge is 2.12. The van der Waals surface area contributed by atoms with Crippen molar-refractivity contribution < 1.29 is 0 Å². The van der Waals surface area contributed by atoms with Crippen molar-refractivity contribution in [3.8, 4) is 11.3 Å². The van der Waals surface area contributed by atoms with Gasteiger partial charge in [-0.3, -0.25) is 19.2 Å². The summed E-state index contributed by atoms with van der Waals surface area (Å²) in [6.07, 6.45) is 1.79. The van der Waals surface area contributed by atoms with E-state index >= 15 is 0 Å². The van der Waals surface area contributed by atoms with Crippen LogP contribution >= 0.6 is 0 Å². The predicted octanol–water partition coefficient (Wildman–Crippen LogP) is 0.859. The van der Waals surface area contributed by atoms with Crippen LogP contribution < -0.4 is 11.2 Å². The monoisotopic (exact) mass is 267 g/mol. The van der Waals surface area contributed by atoms with Crippen LogP contribution in [0.5, 0.6) is 0 Å². The number of H-pyrrole nitrogens is 3. The van der Waals surface area contributed by atoms with E-state index in [2.05, 4.69) is 19.9 Å². The third-order valence-corrected chi connectivity index (χ3v) is 3.17. The first-order chi connectivity index (χ1) is 9.72. The molecule has 0 saturated heterocycles. The summed E-state index contributed by atoms with van der Waals surface area (Å²) in [5.74, 6) is 0.506. The van der Waals surface area contributed by atoms with Crippen LogP contribution in [-0.2, 0) is 0 Å². The van der Waals surface area contributed by atoms with Gasteiger partial charge in [0.05, 0.1) is 5.69 Å². The lowest BCUT2D eigenvalue weighted by Crippen LogP contribution is -2.22. The highest BCUT2D eigenvalue weighted by molar-refractivity contribution is 5.76. The molecule has 0 aliphatic heterocycles. The molecule has 0 unspecified atom stereocenters. The van der Waals surface area contributed by atoms with E-state index in [1.165, 1.54) is 0 Å². The molecular weight excluding hydrogens is 258 g/mol. The number of nitrogens with zero attached hydrogens (tertiary/aromatic N) is 2. The lowest BCUT2D eigenvalue weighted by Gasteiger charge is -1.94. The van der Waals surface area contributed by atoms with Gasteiger partial charge in [0.2, 0.25) is 5.78 Å². The third-order valence-electron chi connectivity index (χ3n) is 3.17. The van der Waals surface area contributed by atoms with Crippen molar-refractivity contribution in [2.24, 2.45) is 0 Å². The van der Waals surface area contributed by atoms with Crippen molar-refractivity contribution in [3.05, 3.63) is 57.4 Å². The van der Waals surface area contributed by atoms with Crippen molar-refractivity contribution >= 4 is 16.9 Å². The Balaban J connectivity index is 2.07. The Morgan fingerprint density at radius 3 is 2.60 bits per heavy atom. The summed E-state index contributed by atoms with van der Waals surface area (Å²) in [5, 5.41) is 0. The summed E-state index contributed by atoms with van der Waals surface area (Å²) in [7, 11) is 0. The largest absolute Gasteiger partial charge is 0.327 e. The fraction of sp³-hybridized carbons (Fsp3) is 0. The number of nitrogens with one attached hydrogen (secondary N) is 3. The van der Waals surface area contributed by atoms with Crippen LogP contribution in [0.15, 0.2) is 46.1 Å². The summed E-state index contributed by atoms with van der Waals surface area (Å²) in [5.41, 5.74) is 1.40. The minimum Gasteiger partial charge on any atom is -0.323 e. The average molecular weight is 267 g/mol. The Labute approximate surface area is 110 Å². The zero-order valence-corrected chi connectivity index (χ0v) is 10.2. The molecular formula is C13H9N5O2. The molecule has 0 saturated carbocycles. The Kier molecular flexibility index (Phi) is 2.00. The first-order valence-corrected chi connectivity index (χ1v) is 6.01. The summed E-state index contributed by atoms with van der Waals surface area (Å²) < 4.78 is 1.63. The van der Waals surface area contributed by atoms with Gasteiger partial charge < -0.3 is 4.98 Å². The molecule has 7 nitrogen and oxygen atoms in total. The highest BCUT2D eigenvalue weighted by atomic mass is 16.2. The van der Waals surface area contributed by atoms with E-state index < -0.39 is 11.2 Å². The topological polar surface area (TPSA) is 98.8 Å².